The van der Waals surface area contributed by atoms with Crippen LogP contribution in [0.15, 0.2) is 35.6 Å². The Kier molecular flexibility index (Phi) is 5.68. The largest absolute Gasteiger partial charge is 0.335 e. The minimum atomic E-state index is -3.67. The number of hydrogen-bond donors (Lipinski definition) is 0. The van der Waals surface area contributed by atoms with Gasteiger partial charge in [-0.2, -0.15) is 19.6 Å². The molecule has 5 rings (SSSR count). The van der Waals surface area contributed by atoms with Gasteiger partial charge in [0.1, 0.15) is 4.90 Å². The van der Waals surface area contributed by atoms with E-state index in [9.17, 15) is 13.2 Å². The Morgan fingerprint density at radius 3 is 2.43 bits per heavy atom. The SMILES string of the molecule is CCn1ncc(-c2ccnc3cc(C(=O)N4CCN(S(=O)(=O)c5cnn(C)c5C)CC4)nn23)c1C. The molecule has 1 aliphatic heterocycles. The molecule has 13 heteroatoms. The number of aryl methyl sites for hydroxylation is 2. The summed E-state index contributed by atoms with van der Waals surface area (Å²) >= 11 is 0. The predicted octanol–water partition coefficient (Wildman–Crippen LogP) is 1.11. The molecule has 12 nitrogen and oxygen atoms in total. The third-order valence-electron chi connectivity index (χ3n) is 6.59. The Balaban J connectivity index is 1.36. The van der Waals surface area contributed by atoms with Gasteiger partial charge in [0.2, 0.25) is 10.0 Å². The van der Waals surface area contributed by atoms with Crippen molar-refractivity contribution in [2.45, 2.75) is 32.2 Å². The molecule has 1 amide bonds. The van der Waals surface area contributed by atoms with Crippen LogP contribution in [0.3, 0.4) is 0 Å². The highest BCUT2D eigenvalue weighted by molar-refractivity contribution is 7.89. The maximum Gasteiger partial charge on any atom is 0.274 e. The van der Waals surface area contributed by atoms with Crippen molar-refractivity contribution in [1.82, 2.24) is 43.4 Å². The summed E-state index contributed by atoms with van der Waals surface area (Å²) in [5.74, 6) is -0.253. The van der Waals surface area contributed by atoms with Crippen LogP contribution in [-0.4, -0.2) is 83.9 Å². The lowest BCUT2D eigenvalue weighted by atomic mass is 10.2. The Morgan fingerprint density at radius 1 is 1.06 bits per heavy atom. The van der Waals surface area contributed by atoms with E-state index in [-0.39, 0.29) is 42.7 Å². The number of piperazine rings is 1. The van der Waals surface area contributed by atoms with Gasteiger partial charge in [0, 0.05) is 63.3 Å². The van der Waals surface area contributed by atoms with Crippen molar-refractivity contribution < 1.29 is 13.2 Å². The lowest BCUT2D eigenvalue weighted by Gasteiger charge is -2.33. The van der Waals surface area contributed by atoms with E-state index in [1.807, 2.05) is 24.6 Å². The van der Waals surface area contributed by atoms with E-state index in [0.717, 1.165) is 23.5 Å². The van der Waals surface area contributed by atoms with E-state index in [0.29, 0.717) is 11.3 Å². The van der Waals surface area contributed by atoms with Gasteiger partial charge in [-0.15, -0.1) is 0 Å². The lowest BCUT2D eigenvalue weighted by Crippen LogP contribution is -2.50. The van der Waals surface area contributed by atoms with Crippen LogP contribution in [0.1, 0.15) is 28.8 Å². The van der Waals surface area contributed by atoms with Crippen LogP contribution in [0.2, 0.25) is 0 Å². The topological polar surface area (TPSA) is 124 Å². The number of hydrogen-bond acceptors (Lipinski definition) is 7. The van der Waals surface area contributed by atoms with E-state index in [2.05, 4.69) is 20.3 Å². The first-order chi connectivity index (χ1) is 16.7. The second-order valence-electron chi connectivity index (χ2n) is 8.50. The molecule has 1 aliphatic rings. The van der Waals surface area contributed by atoms with Gasteiger partial charge < -0.3 is 4.90 Å². The summed E-state index contributed by atoms with van der Waals surface area (Å²) in [5.41, 5.74) is 4.13. The van der Waals surface area contributed by atoms with Crippen molar-refractivity contribution in [3.05, 3.63) is 47.8 Å². The Labute approximate surface area is 202 Å². The maximum absolute atomic E-state index is 13.2. The molecule has 1 fully saturated rings. The predicted molar refractivity (Wildman–Crippen MR) is 127 cm³/mol. The Hall–Kier alpha value is -3.58. The van der Waals surface area contributed by atoms with Crippen molar-refractivity contribution in [3.63, 3.8) is 0 Å². The van der Waals surface area contributed by atoms with Crippen molar-refractivity contribution in [1.29, 1.82) is 0 Å². The number of fused-ring (bicyclic) bond motifs is 1. The number of amides is 1. The molecule has 1 saturated heterocycles. The van der Waals surface area contributed by atoms with Crippen LogP contribution in [0.25, 0.3) is 16.9 Å². The van der Waals surface area contributed by atoms with Gasteiger partial charge in [-0.1, -0.05) is 0 Å². The molecule has 0 radical (unpaired) electrons. The van der Waals surface area contributed by atoms with Gasteiger partial charge >= 0.3 is 0 Å². The van der Waals surface area contributed by atoms with Crippen LogP contribution in [-0.2, 0) is 23.6 Å². The van der Waals surface area contributed by atoms with Gasteiger partial charge in [0.15, 0.2) is 11.3 Å². The molecular weight excluding hydrogens is 470 g/mol. The number of nitrogens with zero attached hydrogens (tertiary/aromatic N) is 9. The molecule has 0 unspecified atom stereocenters. The van der Waals surface area contributed by atoms with E-state index in [4.69, 9.17) is 0 Å². The summed E-state index contributed by atoms with van der Waals surface area (Å²) in [4.78, 5) is 19.4. The Bertz CT molecular complexity index is 1520. The average molecular weight is 498 g/mol. The average Bonchev–Trinajstić information content (AvgIpc) is 3.55. The molecule has 5 heterocycles. The second-order valence-corrected chi connectivity index (χ2v) is 10.4. The zero-order valence-corrected chi connectivity index (χ0v) is 20.9. The molecule has 4 aromatic rings. The molecule has 4 aromatic heterocycles. The highest BCUT2D eigenvalue weighted by atomic mass is 32.2. The van der Waals surface area contributed by atoms with Gasteiger partial charge in [-0.25, -0.2) is 17.9 Å². The fourth-order valence-corrected chi connectivity index (χ4v) is 5.99. The van der Waals surface area contributed by atoms with Crippen LogP contribution >= 0.6 is 0 Å². The third-order valence-corrected chi connectivity index (χ3v) is 8.59. The van der Waals surface area contributed by atoms with Crippen molar-refractivity contribution in [2.75, 3.05) is 26.2 Å². The smallest absolute Gasteiger partial charge is 0.274 e. The van der Waals surface area contributed by atoms with Crippen molar-refractivity contribution >= 4 is 21.6 Å². The molecule has 0 aliphatic carbocycles. The Morgan fingerprint density at radius 2 is 1.80 bits per heavy atom. The standard InChI is InChI=1S/C22H27N9O3S/c1-5-30-15(2)17(13-25-30)19-6-7-23-21-12-18(26-31(19)21)22(32)28-8-10-29(11-9-28)35(33,34)20-14-24-27(4)16(20)3/h6-7,12-14H,5,8-11H2,1-4H3. The highest BCUT2D eigenvalue weighted by Crippen LogP contribution is 2.24. The monoisotopic (exact) mass is 497 g/mol. The molecule has 35 heavy (non-hydrogen) atoms. The summed E-state index contributed by atoms with van der Waals surface area (Å²) in [6.07, 6.45) is 4.85. The van der Waals surface area contributed by atoms with Crippen LogP contribution < -0.4 is 0 Å². The molecule has 0 aromatic carbocycles. The normalized spacial score (nSPS) is 15.3. The van der Waals surface area contributed by atoms with Crippen molar-refractivity contribution in [3.8, 4) is 11.3 Å². The molecule has 0 saturated carbocycles. The quantitative estimate of drug-likeness (QED) is 0.405. The molecule has 0 atom stereocenters. The van der Waals surface area contributed by atoms with Crippen LogP contribution in [0.4, 0.5) is 0 Å². The summed E-state index contributed by atoms with van der Waals surface area (Å²) < 4.78 is 32.6. The minimum absolute atomic E-state index is 0.195. The first-order valence-electron chi connectivity index (χ1n) is 11.4. The third kappa shape index (κ3) is 3.80. The molecule has 0 N–H and O–H groups in total. The van der Waals surface area contributed by atoms with E-state index >= 15 is 0 Å². The lowest BCUT2D eigenvalue weighted by molar-refractivity contribution is 0.0691. The van der Waals surface area contributed by atoms with E-state index in [1.165, 1.54) is 15.2 Å². The summed E-state index contributed by atoms with van der Waals surface area (Å²) in [7, 11) is -1.97. The first kappa shape index (κ1) is 23.2. The first-order valence-corrected chi connectivity index (χ1v) is 12.8. The minimum Gasteiger partial charge on any atom is -0.335 e. The number of aromatic nitrogens is 7. The maximum atomic E-state index is 13.2. The highest BCUT2D eigenvalue weighted by Gasteiger charge is 2.33. The zero-order chi connectivity index (χ0) is 24.9. The van der Waals surface area contributed by atoms with Gasteiger partial charge in [-0.3, -0.25) is 14.2 Å². The molecule has 0 bridgehead atoms. The summed E-state index contributed by atoms with van der Waals surface area (Å²) in [6, 6.07) is 3.51. The number of carbonyl (C=O) groups excluding carboxylic acids is 1. The zero-order valence-electron chi connectivity index (χ0n) is 20.1. The number of sulfonamides is 1. The number of carbonyl (C=O) groups is 1. The van der Waals surface area contributed by atoms with Crippen LogP contribution in [0, 0.1) is 13.8 Å². The van der Waals surface area contributed by atoms with Crippen molar-refractivity contribution in [2.24, 2.45) is 7.05 Å². The molecule has 184 valence electrons. The number of rotatable bonds is 5. The van der Waals surface area contributed by atoms with E-state index < -0.39 is 10.0 Å². The fraction of sp³-hybridized carbons (Fsp3) is 0.409. The second kappa shape index (κ2) is 8.57. The summed E-state index contributed by atoms with van der Waals surface area (Å²) in [5, 5.41) is 13.0. The van der Waals surface area contributed by atoms with Gasteiger partial charge in [-0.05, 0) is 26.8 Å². The fourth-order valence-electron chi connectivity index (χ4n) is 4.38. The molecular formula is C22H27N9O3S. The van der Waals surface area contributed by atoms with Gasteiger partial charge in [0.05, 0.1) is 23.8 Å². The van der Waals surface area contributed by atoms with Gasteiger partial charge in [0.25, 0.3) is 5.91 Å². The molecule has 0 spiro atoms. The summed E-state index contributed by atoms with van der Waals surface area (Å²) in [6.45, 7) is 7.45. The van der Waals surface area contributed by atoms with Crippen LogP contribution in [0.5, 0.6) is 0 Å². The van der Waals surface area contributed by atoms with E-state index in [1.54, 1.807) is 41.8 Å².